The molecule has 0 atom stereocenters. The van der Waals surface area contributed by atoms with E-state index in [1.165, 1.54) is 12.8 Å². The van der Waals surface area contributed by atoms with Crippen molar-refractivity contribution in [2.24, 2.45) is 5.92 Å². The van der Waals surface area contributed by atoms with E-state index >= 15 is 0 Å². The molecule has 2 aromatic heterocycles. The van der Waals surface area contributed by atoms with Crippen molar-refractivity contribution in [1.82, 2.24) is 19.5 Å². The normalized spacial score (nSPS) is 17.3. The highest BCUT2D eigenvalue weighted by molar-refractivity contribution is 6.30. The number of piperazine rings is 1. The number of rotatable bonds is 4. The van der Waals surface area contributed by atoms with Gasteiger partial charge in [0.05, 0.1) is 34.6 Å². The van der Waals surface area contributed by atoms with Gasteiger partial charge in [-0.25, -0.2) is 15.0 Å². The Hall–Kier alpha value is -2.67. The predicted molar refractivity (Wildman–Crippen MR) is 110 cm³/mol. The Kier molecular flexibility index (Phi) is 4.39. The van der Waals surface area contributed by atoms with Crippen LogP contribution in [0, 0.1) is 5.92 Å². The fraction of sp³-hybridized carbons (Fsp3) is 0.400. The maximum atomic E-state index is 12.7. The molecule has 0 spiro atoms. The van der Waals surface area contributed by atoms with E-state index in [1.54, 1.807) is 23.3 Å². The number of hydrogen-bond donors (Lipinski definition) is 0. The first kappa shape index (κ1) is 17.4. The van der Waals surface area contributed by atoms with Crippen molar-refractivity contribution < 1.29 is 0 Å². The van der Waals surface area contributed by atoms with Crippen LogP contribution in [0.5, 0.6) is 0 Å². The molecule has 3 aromatic rings. The predicted octanol–water partition coefficient (Wildman–Crippen LogP) is 2.58. The number of fused-ring (bicyclic) bond motifs is 1. The van der Waals surface area contributed by atoms with Crippen LogP contribution in [0.25, 0.3) is 10.9 Å². The monoisotopic (exact) mass is 396 g/mol. The molecule has 28 heavy (non-hydrogen) atoms. The van der Waals surface area contributed by atoms with Crippen molar-refractivity contribution in [2.75, 3.05) is 36.0 Å². The van der Waals surface area contributed by atoms with Gasteiger partial charge in [0, 0.05) is 38.4 Å². The number of nitrogens with zero attached hydrogens (tertiary/aromatic N) is 6. The average molecular weight is 397 g/mol. The van der Waals surface area contributed by atoms with Gasteiger partial charge in [-0.2, -0.15) is 0 Å². The third kappa shape index (κ3) is 3.42. The van der Waals surface area contributed by atoms with Crippen LogP contribution in [0.15, 0.2) is 41.7 Å². The van der Waals surface area contributed by atoms with E-state index in [0.29, 0.717) is 22.3 Å². The van der Waals surface area contributed by atoms with Gasteiger partial charge in [-0.15, -0.1) is 0 Å². The number of aromatic nitrogens is 4. The smallest absolute Gasteiger partial charge is 0.261 e. The Morgan fingerprint density at radius 3 is 2.43 bits per heavy atom. The van der Waals surface area contributed by atoms with E-state index in [9.17, 15) is 4.79 Å². The maximum Gasteiger partial charge on any atom is 0.261 e. The lowest BCUT2D eigenvalue weighted by molar-refractivity contribution is 0.602. The average Bonchev–Trinajstić information content (AvgIpc) is 3.55. The van der Waals surface area contributed by atoms with Crippen LogP contribution >= 0.6 is 11.6 Å². The molecule has 5 rings (SSSR count). The Labute approximate surface area is 167 Å². The minimum absolute atomic E-state index is 0.0631. The highest BCUT2D eigenvalue weighted by atomic mass is 35.5. The largest absolute Gasteiger partial charge is 0.368 e. The second kappa shape index (κ2) is 7.05. The molecule has 0 unspecified atom stereocenters. The van der Waals surface area contributed by atoms with Crippen molar-refractivity contribution >= 4 is 34.1 Å². The first-order valence-corrected chi connectivity index (χ1v) is 10.0. The van der Waals surface area contributed by atoms with Gasteiger partial charge in [0.25, 0.3) is 5.56 Å². The quantitative estimate of drug-likeness (QED) is 0.675. The molecule has 2 fully saturated rings. The molecule has 1 aromatic carbocycles. The lowest BCUT2D eigenvalue weighted by Gasteiger charge is -2.36. The first-order valence-electron chi connectivity index (χ1n) is 9.64. The molecule has 0 amide bonds. The molecule has 7 nitrogen and oxygen atoms in total. The summed E-state index contributed by atoms with van der Waals surface area (Å²) in [5, 5.41) is 1.24. The zero-order valence-electron chi connectivity index (χ0n) is 15.5. The van der Waals surface area contributed by atoms with Crippen molar-refractivity contribution in [3.63, 3.8) is 0 Å². The summed E-state index contributed by atoms with van der Waals surface area (Å²) < 4.78 is 1.75. The molecule has 2 aliphatic rings. The van der Waals surface area contributed by atoms with Crippen molar-refractivity contribution in [2.45, 2.75) is 19.4 Å². The zero-order valence-corrected chi connectivity index (χ0v) is 16.2. The number of anilines is 2. The standard InChI is InChI=1S/C20H21ClN6O/c21-15-10-22-20(23-11-15)26-7-5-25(6-8-26)16-3-4-17-18(9-16)24-13-27(19(17)28)12-14-1-2-14/h3-4,9-11,13-14H,1-2,5-8,12H2. The summed E-state index contributed by atoms with van der Waals surface area (Å²) in [6.07, 6.45) is 7.39. The highest BCUT2D eigenvalue weighted by Crippen LogP contribution is 2.30. The highest BCUT2D eigenvalue weighted by Gasteiger charge is 2.23. The van der Waals surface area contributed by atoms with E-state index in [0.717, 1.165) is 43.9 Å². The summed E-state index contributed by atoms with van der Waals surface area (Å²) in [6, 6.07) is 5.96. The van der Waals surface area contributed by atoms with Crippen LogP contribution in [0.1, 0.15) is 12.8 Å². The van der Waals surface area contributed by atoms with E-state index in [-0.39, 0.29) is 5.56 Å². The lowest BCUT2D eigenvalue weighted by atomic mass is 10.2. The summed E-state index contributed by atoms with van der Waals surface area (Å²) in [7, 11) is 0. The molecule has 1 saturated carbocycles. The van der Waals surface area contributed by atoms with Crippen LogP contribution in [0.2, 0.25) is 5.02 Å². The molecule has 8 heteroatoms. The molecular weight excluding hydrogens is 376 g/mol. The minimum Gasteiger partial charge on any atom is -0.368 e. The molecular formula is C20H21ClN6O. The maximum absolute atomic E-state index is 12.7. The van der Waals surface area contributed by atoms with Gasteiger partial charge in [-0.3, -0.25) is 9.36 Å². The molecule has 144 valence electrons. The van der Waals surface area contributed by atoms with Crippen LogP contribution in [0.4, 0.5) is 11.6 Å². The van der Waals surface area contributed by atoms with Gasteiger partial charge in [0.15, 0.2) is 0 Å². The lowest BCUT2D eigenvalue weighted by Crippen LogP contribution is -2.47. The summed E-state index contributed by atoms with van der Waals surface area (Å²) in [5.74, 6) is 1.36. The Morgan fingerprint density at radius 1 is 1.00 bits per heavy atom. The van der Waals surface area contributed by atoms with Gasteiger partial charge in [0.2, 0.25) is 5.95 Å². The molecule has 0 bridgehead atoms. The van der Waals surface area contributed by atoms with Gasteiger partial charge in [-0.1, -0.05) is 11.6 Å². The molecule has 0 N–H and O–H groups in total. The number of halogens is 1. The van der Waals surface area contributed by atoms with Gasteiger partial charge < -0.3 is 9.80 Å². The summed E-state index contributed by atoms with van der Waals surface area (Å²) in [6.45, 7) is 4.16. The van der Waals surface area contributed by atoms with Crippen molar-refractivity contribution in [3.8, 4) is 0 Å². The minimum atomic E-state index is 0.0631. The Morgan fingerprint density at radius 2 is 1.71 bits per heavy atom. The van der Waals surface area contributed by atoms with Gasteiger partial charge in [0.1, 0.15) is 0 Å². The van der Waals surface area contributed by atoms with Crippen LogP contribution in [0.3, 0.4) is 0 Å². The van der Waals surface area contributed by atoms with Crippen LogP contribution < -0.4 is 15.4 Å². The Balaban J connectivity index is 1.32. The van der Waals surface area contributed by atoms with Crippen LogP contribution in [-0.2, 0) is 6.54 Å². The Bertz CT molecular complexity index is 1050. The van der Waals surface area contributed by atoms with E-state index in [1.807, 2.05) is 18.2 Å². The summed E-state index contributed by atoms with van der Waals surface area (Å²) in [5.41, 5.74) is 1.92. The molecule has 1 aliphatic heterocycles. The second-order valence-corrected chi connectivity index (χ2v) is 7.96. The second-order valence-electron chi connectivity index (χ2n) is 7.52. The first-order chi connectivity index (χ1) is 13.7. The van der Waals surface area contributed by atoms with E-state index in [4.69, 9.17) is 11.6 Å². The fourth-order valence-electron chi connectivity index (χ4n) is 3.69. The third-order valence-electron chi connectivity index (χ3n) is 5.49. The molecule has 1 aliphatic carbocycles. The van der Waals surface area contributed by atoms with Crippen molar-refractivity contribution in [1.29, 1.82) is 0 Å². The number of benzene rings is 1. The molecule has 1 saturated heterocycles. The summed E-state index contributed by atoms with van der Waals surface area (Å²) in [4.78, 5) is 30.3. The van der Waals surface area contributed by atoms with E-state index in [2.05, 4.69) is 24.8 Å². The fourth-order valence-corrected chi connectivity index (χ4v) is 3.78. The molecule has 3 heterocycles. The number of hydrogen-bond acceptors (Lipinski definition) is 6. The van der Waals surface area contributed by atoms with Gasteiger partial charge >= 0.3 is 0 Å². The molecule has 0 radical (unpaired) electrons. The van der Waals surface area contributed by atoms with Crippen molar-refractivity contribution in [3.05, 3.63) is 52.3 Å². The topological polar surface area (TPSA) is 67.2 Å². The SMILES string of the molecule is O=c1c2ccc(N3CCN(c4ncc(Cl)cn4)CC3)cc2ncn1CC1CC1. The summed E-state index contributed by atoms with van der Waals surface area (Å²) >= 11 is 5.87. The third-order valence-corrected chi connectivity index (χ3v) is 5.69. The zero-order chi connectivity index (χ0) is 19.1. The van der Waals surface area contributed by atoms with Gasteiger partial charge in [-0.05, 0) is 37.0 Å². The van der Waals surface area contributed by atoms with Crippen LogP contribution in [-0.4, -0.2) is 45.7 Å². The van der Waals surface area contributed by atoms with E-state index < -0.39 is 0 Å².